The van der Waals surface area contributed by atoms with Gasteiger partial charge in [-0.15, -0.1) is 0 Å². The second-order valence-corrected chi connectivity index (χ2v) is 6.66. The molecule has 5 heteroatoms. The Morgan fingerprint density at radius 1 is 0.900 bits per heavy atom. The zero-order valence-electron chi connectivity index (χ0n) is 16.9. The van der Waals surface area contributed by atoms with Crippen LogP contribution in [0.25, 0.3) is 28.7 Å². The van der Waals surface area contributed by atoms with Gasteiger partial charge in [0.1, 0.15) is 17.3 Å². The van der Waals surface area contributed by atoms with Crippen LogP contribution in [0.2, 0.25) is 0 Å². The van der Waals surface area contributed by atoms with Crippen molar-refractivity contribution in [3.05, 3.63) is 94.5 Å². The van der Waals surface area contributed by atoms with Crippen molar-refractivity contribution in [2.24, 2.45) is 0 Å². The lowest BCUT2D eigenvalue weighted by Crippen LogP contribution is -2.22. The quantitative estimate of drug-likeness (QED) is 0.460. The topological polar surface area (TPSA) is 53.3 Å². The van der Waals surface area contributed by atoms with Crippen molar-refractivity contribution in [1.29, 1.82) is 0 Å². The van der Waals surface area contributed by atoms with Crippen molar-refractivity contribution in [3.63, 3.8) is 0 Å². The molecule has 0 aliphatic rings. The van der Waals surface area contributed by atoms with E-state index in [4.69, 9.17) is 14.5 Å². The zero-order chi connectivity index (χ0) is 20.9. The van der Waals surface area contributed by atoms with E-state index in [9.17, 15) is 4.79 Å². The van der Waals surface area contributed by atoms with Gasteiger partial charge in [0, 0.05) is 0 Å². The average Bonchev–Trinajstić information content (AvgIpc) is 2.79. The van der Waals surface area contributed by atoms with Crippen molar-refractivity contribution in [3.8, 4) is 17.2 Å². The van der Waals surface area contributed by atoms with Gasteiger partial charge in [-0.2, -0.15) is 0 Å². The van der Waals surface area contributed by atoms with Crippen LogP contribution in [0.15, 0.2) is 77.6 Å². The fourth-order valence-corrected chi connectivity index (χ4v) is 3.26. The molecule has 1 heterocycles. The van der Waals surface area contributed by atoms with Gasteiger partial charge in [0.05, 0.1) is 30.3 Å². The Hall–Kier alpha value is -3.86. The van der Waals surface area contributed by atoms with Crippen LogP contribution in [0, 0.1) is 0 Å². The Kier molecular flexibility index (Phi) is 5.61. The third kappa shape index (κ3) is 3.96. The van der Waals surface area contributed by atoms with E-state index in [0.717, 1.165) is 22.7 Å². The number of ether oxygens (including phenoxy) is 2. The highest BCUT2D eigenvalue weighted by atomic mass is 16.5. The third-order valence-electron chi connectivity index (χ3n) is 4.75. The molecular weight excluding hydrogens is 376 g/mol. The lowest BCUT2D eigenvalue weighted by Gasteiger charge is -2.12. The van der Waals surface area contributed by atoms with Crippen molar-refractivity contribution in [2.45, 2.75) is 6.92 Å². The van der Waals surface area contributed by atoms with E-state index in [2.05, 4.69) is 0 Å². The Balaban J connectivity index is 1.81. The Labute approximate surface area is 174 Å². The Morgan fingerprint density at radius 2 is 1.60 bits per heavy atom. The minimum absolute atomic E-state index is 0.114. The first-order valence-corrected chi connectivity index (χ1v) is 9.77. The van der Waals surface area contributed by atoms with Gasteiger partial charge >= 0.3 is 0 Å². The van der Waals surface area contributed by atoms with Gasteiger partial charge in [-0.25, -0.2) is 4.98 Å². The van der Waals surface area contributed by atoms with Gasteiger partial charge in [0.15, 0.2) is 0 Å². The van der Waals surface area contributed by atoms with E-state index in [1.807, 2.05) is 85.8 Å². The van der Waals surface area contributed by atoms with Crippen LogP contribution in [-0.4, -0.2) is 23.3 Å². The summed E-state index contributed by atoms with van der Waals surface area (Å²) < 4.78 is 12.3. The van der Waals surface area contributed by atoms with Gasteiger partial charge in [-0.1, -0.05) is 30.3 Å². The molecule has 0 amide bonds. The van der Waals surface area contributed by atoms with E-state index >= 15 is 0 Å². The van der Waals surface area contributed by atoms with Crippen LogP contribution in [-0.2, 0) is 0 Å². The third-order valence-corrected chi connectivity index (χ3v) is 4.75. The van der Waals surface area contributed by atoms with Crippen molar-refractivity contribution < 1.29 is 9.47 Å². The van der Waals surface area contributed by atoms with Crippen LogP contribution < -0.4 is 15.0 Å². The lowest BCUT2D eigenvalue weighted by molar-refractivity contribution is 0.340. The molecule has 4 rings (SSSR count). The van der Waals surface area contributed by atoms with Gasteiger partial charge < -0.3 is 9.47 Å². The normalized spacial score (nSPS) is 11.1. The van der Waals surface area contributed by atoms with Gasteiger partial charge in [-0.3, -0.25) is 9.36 Å². The molecule has 30 heavy (non-hydrogen) atoms. The summed E-state index contributed by atoms with van der Waals surface area (Å²) in [4.78, 5) is 18.0. The van der Waals surface area contributed by atoms with Gasteiger partial charge in [0.25, 0.3) is 5.56 Å². The fraction of sp³-hybridized carbons (Fsp3) is 0.120. The lowest BCUT2D eigenvalue weighted by atomic mass is 10.2. The smallest absolute Gasteiger partial charge is 0.266 e. The molecule has 1 aromatic heterocycles. The molecule has 0 fully saturated rings. The molecule has 0 atom stereocenters. The number of fused-ring (bicyclic) bond motifs is 1. The molecule has 0 spiro atoms. The summed E-state index contributed by atoms with van der Waals surface area (Å²) in [5, 5.41) is 0.575. The Morgan fingerprint density at radius 3 is 2.30 bits per heavy atom. The van der Waals surface area contributed by atoms with Crippen LogP contribution in [0.5, 0.6) is 11.5 Å². The highest BCUT2D eigenvalue weighted by Gasteiger charge is 2.11. The summed E-state index contributed by atoms with van der Waals surface area (Å²) in [5.41, 5.74) is 2.27. The maximum Gasteiger partial charge on any atom is 0.266 e. The van der Waals surface area contributed by atoms with Crippen LogP contribution in [0.3, 0.4) is 0 Å². The van der Waals surface area contributed by atoms with E-state index in [1.165, 1.54) is 0 Å². The number of benzene rings is 3. The standard InChI is InChI=1S/C25H22N2O3/c1-3-30-21-13-8-18(9-14-21)10-17-24-26-23-7-5-4-6-22(23)25(28)27(24)19-11-15-20(29-2)16-12-19/h4-17H,3H2,1-2H3/b17-10-. The molecule has 0 bridgehead atoms. The SMILES string of the molecule is CCOc1ccc(/C=C\c2nc3ccccc3c(=O)n2-c2ccc(OC)cc2)cc1. The number of rotatable bonds is 6. The molecule has 150 valence electrons. The predicted octanol–water partition coefficient (Wildman–Crippen LogP) is 4.96. The average molecular weight is 398 g/mol. The van der Waals surface area contributed by atoms with E-state index in [0.29, 0.717) is 23.3 Å². The molecule has 0 radical (unpaired) electrons. The van der Waals surface area contributed by atoms with Crippen LogP contribution >= 0.6 is 0 Å². The first-order chi connectivity index (χ1) is 14.7. The summed E-state index contributed by atoms with van der Waals surface area (Å²) in [6.07, 6.45) is 3.79. The molecule has 0 saturated heterocycles. The highest BCUT2D eigenvalue weighted by molar-refractivity contribution is 5.80. The summed E-state index contributed by atoms with van der Waals surface area (Å²) in [5.74, 6) is 2.11. The molecule has 0 unspecified atom stereocenters. The van der Waals surface area contributed by atoms with Crippen molar-refractivity contribution >= 4 is 23.1 Å². The number of hydrogen-bond donors (Lipinski definition) is 0. The fourth-order valence-electron chi connectivity index (χ4n) is 3.26. The molecular formula is C25H22N2O3. The minimum Gasteiger partial charge on any atom is -0.497 e. The van der Waals surface area contributed by atoms with E-state index in [-0.39, 0.29) is 5.56 Å². The maximum atomic E-state index is 13.3. The second-order valence-electron chi connectivity index (χ2n) is 6.66. The molecule has 5 nitrogen and oxygen atoms in total. The molecule has 0 N–H and O–H groups in total. The first-order valence-electron chi connectivity index (χ1n) is 9.77. The van der Waals surface area contributed by atoms with Crippen molar-refractivity contribution in [1.82, 2.24) is 9.55 Å². The largest absolute Gasteiger partial charge is 0.497 e. The van der Waals surface area contributed by atoms with Crippen LogP contribution in [0.4, 0.5) is 0 Å². The first kappa shape index (κ1) is 19.5. The van der Waals surface area contributed by atoms with E-state index in [1.54, 1.807) is 17.7 Å². The van der Waals surface area contributed by atoms with Crippen molar-refractivity contribution in [2.75, 3.05) is 13.7 Å². The minimum atomic E-state index is -0.114. The number of methoxy groups -OCH3 is 1. The summed E-state index contributed by atoms with van der Waals surface area (Å²) in [7, 11) is 1.61. The highest BCUT2D eigenvalue weighted by Crippen LogP contribution is 2.19. The molecule has 4 aromatic rings. The number of para-hydroxylation sites is 1. The molecule has 3 aromatic carbocycles. The predicted molar refractivity (Wildman–Crippen MR) is 120 cm³/mol. The maximum absolute atomic E-state index is 13.3. The Bertz CT molecular complexity index is 1240. The zero-order valence-corrected chi connectivity index (χ0v) is 16.9. The molecule has 0 aliphatic carbocycles. The number of aromatic nitrogens is 2. The molecule has 0 aliphatic heterocycles. The number of nitrogens with zero attached hydrogens (tertiary/aromatic N) is 2. The summed E-state index contributed by atoms with van der Waals surface area (Å²) in [6, 6.07) is 22.5. The molecule has 0 saturated carbocycles. The second kappa shape index (κ2) is 8.66. The van der Waals surface area contributed by atoms with Crippen LogP contribution in [0.1, 0.15) is 18.3 Å². The van der Waals surface area contributed by atoms with Gasteiger partial charge in [-0.05, 0) is 67.1 Å². The van der Waals surface area contributed by atoms with E-state index < -0.39 is 0 Å². The number of hydrogen-bond acceptors (Lipinski definition) is 4. The summed E-state index contributed by atoms with van der Waals surface area (Å²) in [6.45, 7) is 2.59. The summed E-state index contributed by atoms with van der Waals surface area (Å²) >= 11 is 0. The monoisotopic (exact) mass is 398 g/mol. The van der Waals surface area contributed by atoms with Gasteiger partial charge in [0.2, 0.25) is 0 Å².